The molecule has 4 aromatic rings. The molecule has 0 radical (unpaired) electrons. The second-order valence-corrected chi connectivity index (χ2v) is 9.36. The van der Waals surface area contributed by atoms with E-state index in [2.05, 4.69) is 86.6 Å². The zero-order valence-corrected chi connectivity index (χ0v) is 21.3. The molecule has 0 heterocycles. The lowest BCUT2D eigenvalue weighted by Crippen LogP contribution is -2.01. The van der Waals surface area contributed by atoms with Crippen molar-refractivity contribution in [3.63, 3.8) is 0 Å². The highest BCUT2D eigenvalue weighted by Gasteiger charge is 2.16. The fourth-order valence-electron chi connectivity index (χ4n) is 4.83. The molecule has 4 rings (SSSR count). The molecule has 0 amide bonds. The fourth-order valence-corrected chi connectivity index (χ4v) is 4.83. The standard InChI is InChI=1S/C30H34.H3O3P/c1-3-5-7-15-24-22-25-16-10-12-20-28(25)30(27(24)19-8-6-4-2)29-21-13-17-23-14-9-11-18-26(23)29;1-4(2)3/h9-14,16-18,20-22H,3-8,15,19H2,1-2H3;1-3H. The minimum Gasteiger partial charge on any atom is -0.328 e. The van der Waals surface area contributed by atoms with Crippen LogP contribution in [0, 0.1) is 0 Å². The number of benzene rings is 4. The van der Waals surface area contributed by atoms with Gasteiger partial charge in [-0.25, -0.2) is 0 Å². The summed E-state index contributed by atoms with van der Waals surface area (Å²) in [5.74, 6) is 0. The van der Waals surface area contributed by atoms with Crippen LogP contribution in [0.3, 0.4) is 0 Å². The van der Waals surface area contributed by atoms with Crippen molar-refractivity contribution in [3.8, 4) is 11.1 Å². The van der Waals surface area contributed by atoms with E-state index in [0.717, 1.165) is 0 Å². The first-order valence-electron chi connectivity index (χ1n) is 12.4. The quantitative estimate of drug-likeness (QED) is 0.168. The van der Waals surface area contributed by atoms with Gasteiger partial charge in [0.15, 0.2) is 0 Å². The summed E-state index contributed by atoms with van der Waals surface area (Å²) < 4.78 is 0. The van der Waals surface area contributed by atoms with Crippen LogP contribution >= 0.6 is 8.60 Å². The van der Waals surface area contributed by atoms with E-state index in [0.29, 0.717) is 0 Å². The van der Waals surface area contributed by atoms with Crippen LogP contribution in [0.25, 0.3) is 32.7 Å². The van der Waals surface area contributed by atoms with E-state index in [4.69, 9.17) is 14.7 Å². The molecule has 34 heavy (non-hydrogen) atoms. The Bertz CT molecular complexity index is 1180. The summed E-state index contributed by atoms with van der Waals surface area (Å²) in [6, 6.07) is 27.1. The third-order valence-electron chi connectivity index (χ3n) is 6.39. The molecule has 0 saturated carbocycles. The molecule has 0 bridgehead atoms. The maximum absolute atomic E-state index is 7.23. The zero-order chi connectivity index (χ0) is 24.3. The Kier molecular flexibility index (Phi) is 10.5. The first kappa shape index (κ1) is 26.3. The highest BCUT2D eigenvalue weighted by atomic mass is 31.2. The summed E-state index contributed by atoms with van der Waals surface area (Å²) in [5, 5.41) is 5.48. The van der Waals surface area contributed by atoms with Crippen LogP contribution in [0.1, 0.15) is 63.5 Å². The van der Waals surface area contributed by atoms with E-state index in [1.54, 1.807) is 11.1 Å². The van der Waals surface area contributed by atoms with Crippen molar-refractivity contribution in [1.82, 2.24) is 0 Å². The highest BCUT2D eigenvalue weighted by Crippen LogP contribution is 2.39. The topological polar surface area (TPSA) is 60.7 Å². The number of rotatable bonds is 9. The average Bonchev–Trinajstić information content (AvgIpc) is 2.84. The van der Waals surface area contributed by atoms with E-state index >= 15 is 0 Å². The summed E-state index contributed by atoms with van der Waals surface area (Å²) in [6.45, 7) is 4.60. The molecule has 0 aromatic heterocycles. The predicted octanol–water partition coefficient (Wildman–Crippen LogP) is 8.32. The van der Waals surface area contributed by atoms with Crippen molar-refractivity contribution in [3.05, 3.63) is 83.9 Å². The van der Waals surface area contributed by atoms with E-state index < -0.39 is 8.60 Å². The smallest absolute Gasteiger partial charge is 0.324 e. The van der Waals surface area contributed by atoms with Crippen LogP contribution in [0.4, 0.5) is 0 Å². The molecule has 180 valence electrons. The Hall–Kier alpha value is -2.29. The maximum atomic E-state index is 7.23. The van der Waals surface area contributed by atoms with Crippen LogP contribution in [-0.4, -0.2) is 14.7 Å². The van der Waals surface area contributed by atoms with Crippen molar-refractivity contribution < 1.29 is 14.7 Å². The SMILES string of the molecule is CCCCCc1cc2ccccc2c(-c2cccc3ccccc23)c1CCCCC.OP(O)O. The van der Waals surface area contributed by atoms with Gasteiger partial charge >= 0.3 is 8.60 Å². The number of hydrogen-bond donors (Lipinski definition) is 3. The number of unbranched alkanes of at least 4 members (excludes halogenated alkanes) is 4. The molecule has 4 aromatic carbocycles. The number of aryl methyl sites for hydroxylation is 1. The molecule has 0 aliphatic carbocycles. The van der Waals surface area contributed by atoms with Crippen LogP contribution in [-0.2, 0) is 12.8 Å². The van der Waals surface area contributed by atoms with Crippen LogP contribution < -0.4 is 0 Å². The lowest BCUT2D eigenvalue weighted by molar-refractivity contribution is 0.368. The summed E-state index contributed by atoms with van der Waals surface area (Å²) in [6.07, 6.45) is 10.1. The zero-order valence-electron chi connectivity index (χ0n) is 20.4. The summed E-state index contributed by atoms with van der Waals surface area (Å²) in [7, 11) is -2.62. The van der Waals surface area contributed by atoms with Gasteiger partial charge < -0.3 is 14.7 Å². The van der Waals surface area contributed by atoms with Crippen LogP contribution in [0.2, 0.25) is 0 Å². The molecule has 0 atom stereocenters. The Morgan fingerprint density at radius 3 is 1.85 bits per heavy atom. The van der Waals surface area contributed by atoms with Gasteiger partial charge in [0.25, 0.3) is 0 Å². The Morgan fingerprint density at radius 1 is 0.618 bits per heavy atom. The number of hydrogen-bond acceptors (Lipinski definition) is 3. The molecular weight excluding hydrogens is 439 g/mol. The minimum absolute atomic E-state index is 1.18. The molecule has 0 spiro atoms. The van der Waals surface area contributed by atoms with E-state index in [1.165, 1.54) is 84.0 Å². The molecule has 3 N–H and O–H groups in total. The summed E-state index contributed by atoms with van der Waals surface area (Å²) in [5.41, 5.74) is 6.04. The largest absolute Gasteiger partial charge is 0.328 e. The second-order valence-electron chi connectivity index (χ2n) is 8.82. The van der Waals surface area contributed by atoms with Gasteiger partial charge in [0.2, 0.25) is 0 Å². The molecule has 0 fully saturated rings. The fraction of sp³-hybridized carbons (Fsp3) is 0.333. The Morgan fingerprint density at radius 2 is 1.18 bits per heavy atom. The van der Waals surface area contributed by atoms with Gasteiger partial charge in [0, 0.05) is 0 Å². The van der Waals surface area contributed by atoms with E-state index in [9.17, 15) is 0 Å². The van der Waals surface area contributed by atoms with Crippen LogP contribution in [0.5, 0.6) is 0 Å². The molecule has 3 nitrogen and oxygen atoms in total. The van der Waals surface area contributed by atoms with Gasteiger partial charge in [-0.2, -0.15) is 0 Å². The first-order chi connectivity index (χ1) is 16.6. The first-order valence-corrected chi connectivity index (χ1v) is 13.6. The Balaban J connectivity index is 0.000000751. The van der Waals surface area contributed by atoms with Gasteiger partial charge in [0.1, 0.15) is 0 Å². The third-order valence-corrected chi connectivity index (χ3v) is 6.39. The molecule has 0 saturated heterocycles. The normalized spacial score (nSPS) is 11.1. The van der Waals surface area contributed by atoms with Crippen molar-refractivity contribution in [2.24, 2.45) is 0 Å². The lowest BCUT2D eigenvalue weighted by Gasteiger charge is -2.20. The average molecular weight is 477 g/mol. The van der Waals surface area contributed by atoms with Gasteiger partial charge in [-0.05, 0) is 69.5 Å². The van der Waals surface area contributed by atoms with Gasteiger partial charge in [-0.1, -0.05) is 112 Å². The van der Waals surface area contributed by atoms with Crippen LogP contribution in [0.15, 0.2) is 72.8 Å². The van der Waals surface area contributed by atoms with Crippen molar-refractivity contribution in [1.29, 1.82) is 0 Å². The minimum atomic E-state index is -2.62. The molecule has 0 aliphatic heterocycles. The van der Waals surface area contributed by atoms with E-state index in [1.807, 2.05) is 0 Å². The molecular formula is C30H37O3P. The lowest BCUT2D eigenvalue weighted by atomic mass is 9.84. The van der Waals surface area contributed by atoms with Crippen molar-refractivity contribution in [2.45, 2.75) is 65.2 Å². The maximum Gasteiger partial charge on any atom is 0.324 e. The number of fused-ring (bicyclic) bond motifs is 2. The van der Waals surface area contributed by atoms with Crippen molar-refractivity contribution >= 4 is 30.1 Å². The van der Waals surface area contributed by atoms with Gasteiger partial charge in [-0.15, -0.1) is 0 Å². The molecule has 0 unspecified atom stereocenters. The summed E-state index contributed by atoms with van der Waals surface area (Å²) in [4.78, 5) is 21.7. The van der Waals surface area contributed by atoms with Gasteiger partial charge in [-0.3, -0.25) is 0 Å². The van der Waals surface area contributed by atoms with E-state index in [-0.39, 0.29) is 0 Å². The van der Waals surface area contributed by atoms with Crippen molar-refractivity contribution in [2.75, 3.05) is 0 Å². The predicted molar refractivity (Wildman–Crippen MR) is 147 cm³/mol. The second kappa shape index (κ2) is 13.6. The summed E-state index contributed by atoms with van der Waals surface area (Å²) >= 11 is 0. The molecule has 0 aliphatic rings. The molecule has 4 heteroatoms. The van der Waals surface area contributed by atoms with Gasteiger partial charge in [0.05, 0.1) is 0 Å². The third kappa shape index (κ3) is 6.87. The monoisotopic (exact) mass is 476 g/mol. The highest BCUT2D eigenvalue weighted by molar-refractivity contribution is 7.38. The Labute approximate surface area is 205 Å².